The fourth-order valence-electron chi connectivity index (χ4n) is 0.903. The van der Waals surface area contributed by atoms with Crippen LogP contribution in [0.15, 0.2) is 10.6 Å². The van der Waals surface area contributed by atoms with Gasteiger partial charge in [-0.05, 0) is 6.42 Å². The zero-order valence-electron chi connectivity index (χ0n) is 6.97. The van der Waals surface area contributed by atoms with Crippen molar-refractivity contribution in [2.24, 2.45) is 0 Å². The molecular formula is C9H14NO. The Labute approximate surface area is 67.6 Å². The van der Waals surface area contributed by atoms with E-state index < -0.39 is 0 Å². The minimum absolute atomic E-state index is 0.852. The molecule has 61 valence electrons. The Bertz CT molecular complexity index is 205. The van der Waals surface area contributed by atoms with Crippen LogP contribution in [0.25, 0.3) is 0 Å². The molecule has 1 rings (SSSR count). The Kier molecular flexibility index (Phi) is 3.14. The predicted octanol–water partition coefficient (Wildman–Crippen LogP) is 2.39. The molecule has 2 heteroatoms. The summed E-state index contributed by atoms with van der Waals surface area (Å²) in [5, 5.41) is 0. The minimum Gasteiger partial charge on any atom is -0.446 e. The van der Waals surface area contributed by atoms with E-state index in [0.29, 0.717) is 0 Å². The smallest absolute Gasteiger partial charge is 0.194 e. The third-order valence-corrected chi connectivity index (χ3v) is 1.59. The number of rotatable bonds is 4. The maximum absolute atomic E-state index is 5.40. The summed E-state index contributed by atoms with van der Waals surface area (Å²) >= 11 is 0. The normalized spacial score (nSPS) is 10.4. The van der Waals surface area contributed by atoms with Crippen LogP contribution in [0.4, 0.5) is 0 Å². The van der Waals surface area contributed by atoms with Crippen LogP contribution in [0.1, 0.15) is 31.4 Å². The average Bonchev–Trinajstić information content (AvgIpc) is 2.48. The van der Waals surface area contributed by atoms with Crippen molar-refractivity contribution in [3.63, 3.8) is 0 Å². The van der Waals surface area contributed by atoms with Gasteiger partial charge in [0.1, 0.15) is 5.76 Å². The summed E-state index contributed by atoms with van der Waals surface area (Å²) < 4.78 is 5.40. The van der Waals surface area contributed by atoms with E-state index in [2.05, 4.69) is 18.8 Å². The molecule has 0 saturated carbocycles. The number of aryl methyl sites for hydroxylation is 2. The average molecular weight is 152 g/mol. The van der Waals surface area contributed by atoms with Crippen molar-refractivity contribution in [3.05, 3.63) is 24.8 Å². The van der Waals surface area contributed by atoms with E-state index in [-0.39, 0.29) is 0 Å². The molecule has 0 aromatic carbocycles. The van der Waals surface area contributed by atoms with Gasteiger partial charge in [-0.3, -0.25) is 0 Å². The molecule has 2 nitrogen and oxygen atoms in total. The largest absolute Gasteiger partial charge is 0.446 e. The van der Waals surface area contributed by atoms with E-state index in [0.717, 1.165) is 37.3 Å². The van der Waals surface area contributed by atoms with Crippen LogP contribution in [0.2, 0.25) is 0 Å². The minimum atomic E-state index is 0.852. The summed E-state index contributed by atoms with van der Waals surface area (Å²) in [6.07, 6.45) is 5.66. The molecule has 0 aliphatic carbocycles. The third-order valence-electron chi connectivity index (χ3n) is 1.59. The molecule has 0 fully saturated rings. The highest BCUT2D eigenvalue weighted by Gasteiger charge is 1.99. The molecule has 1 heterocycles. The van der Waals surface area contributed by atoms with Crippen molar-refractivity contribution < 1.29 is 4.42 Å². The van der Waals surface area contributed by atoms with Gasteiger partial charge >= 0.3 is 0 Å². The Morgan fingerprint density at radius 2 is 2.45 bits per heavy atom. The SMILES string of the molecule is [CH2]CCCc1ncc(CC)o1. The predicted molar refractivity (Wildman–Crippen MR) is 44.2 cm³/mol. The van der Waals surface area contributed by atoms with E-state index in [1.807, 2.05) is 0 Å². The zero-order chi connectivity index (χ0) is 8.10. The number of nitrogens with zero attached hydrogens (tertiary/aromatic N) is 1. The molecule has 0 N–H and O–H groups in total. The van der Waals surface area contributed by atoms with Crippen LogP contribution >= 0.6 is 0 Å². The van der Waals surface area contributed by atoms with Crippen LogP contribution in [0.5, 0.6) is 0 Å². The molecule has 11 heavy (non-hydrogen) atoms. The van der Waals surface area contributed by atoms with Crippen LogP contribution in [0.3, 0.4) is 0 Å². The Morgan fingerprint density at radius 1 is 1.64 bits per heavy atom. The van der Waals surface area contributed by atoms with Gasteiger partial charge in [0.05, 0.1) is 6.20 Å². The van der Waals surface area contributed by atoms with Crippen molar-refractivity contribution >= 4 is 0 Å². The lowest BCUT2D eigenvalue weighted by atomic mass is 10.2. The lowest BCUT2D eigenvalue weighted by molar-refractivity contribution is 0.453. The number of aromatic nitrogens is 1. The monoisotopic (exact) mass is 152 g/mol. The molecular weight excluding hydrogens is 138 g/mol. The molecule has 1 radical (unpaired) electrons. The van der Waals surface area contributed by atoms with E-state index in [1.165, 1.54) is 0 Å². The van der Waals surface area contributed by atoms with E-state index in [4.69, 9.17) is 4.42 Å². The van der Waals surface area contributed by atoms with Crippen LogP contribution in [-0.4, -0.2) is 4.98 Å². The first-order chi connectivity index (χ1) is 5.36. The summed E-state index contributed by atoms with van der Waals surface area (Å²) in [6.45, 7) is 5.82. The van der Waals surface area contributed by atoms with Gasteiger partial charge in [-0.25, -0.2) is 4.98 Å². The van der Waals surface area contributed by atoms with Gasteiger partial charge < -0.3 is 4.42 Å². The van der Waals surface area contributed by atoms with Gasteiger partial charge in [-0.2, -0.15) is 0 Å². The lowest BCUT2D eigenvalue weighted by Gasteiger charge is -1.90. The van der Waals surface area contributed by atoms with E-state index in [1.54, 1.807) is 6.20 Å². The number of unbranched alkanes of at least 4 members (excludes halogenated alkanes) is 1. The van der Waals surface area contributed by atoms with Gasteiger partial charge in [0, 0.05) is 12.8 Å². The van der Waals surface area contributed by atoms with Gasteiger partial charge in [-0.1, -0.05) is 20.3 Å². The first-order valence-corrected chi connectivity index (χ1v) is 4.09. The van der Waals surface area contributed by atoms with Crippen molar-refractivity contribution in [1.82, 2.24) is 4.98 Å². The quantitative estimate of drug-likeness (QED) is 0.662. The maximum atomic E-state index is 5.40. The van der Waals surface area contributed by atoms with Crippen LogP contribution in [-0.2, 0) is 12.8 Å². The molecule has 0 bridgehead atoms. The molecule has 0 amide bonds. The van der Waals surface area contributed by atoms with Gasteiger partial charge in [0.25, 0.3) is 0 Å². The third kappa shape index (κ3) is 2.37. The van der Waals surface area contributed by atoms with Gasteiger partial charge in [0.2, 0.25) is 0 Å². The molecule has 0 atom stereocenters. The Morgan fingerprint density at radius 3 is 3.00 bits per heavy atom. The fourth-order valence-corrected chi connectivity index (χ4v) is 0.903. The summed E-state index contributed by atoms with van der Waals surface area (Å²) in [5.41, 5.74) is 0. The number of hydrogen-bond donors (Lipinski definition) is 0. The number of hydrogen-bond acceptors (Lipinski definition) is 2. The van der Waals surface area contributed by atoms with Crippen LogP contribution < -0.4 is 0 Å². The topological polar surface area (TPSA) is 26.0 Å². The zero-order valence-corrected chi connectivity index (χ0v) is 6.97. The molecule has 1 aromatic rings. The van der Waals surface area contributed by atoms with Crippen molar-refractivity contribution in [2.45, 2.75) is 32.6 Å². The highest BCUT2D eigenvalue weighted by molar-refractivity contribution is 4.93. The van der Waals surface area contributed by atoms with Crippen molar-refractivity contribution in [2.75, 3.05) is 0 Å². The molecule has 0 spiro atoms. The van der Waals surface area contributed by atoms with E-state index >= 15 is 0 Å². The highest BCUT2D eigenvalue weighted by atomic mass is 16.4. The Balaban J connectivity index is 2.44. The summed E-state index contributed by atoms with van der Waals surface area (Å²) in [7, 11) is 0. The van der Waals surface area contributed by atoms with Gasteiger partial charge in [-0.15, -0.1) is 0 Å². The summed E-state index contributed by atoms with van der Waals surface area (Å²) in [6, 6.07) is 0. The van der Waals surface area contributed by atoms with Crippen molar-refractivity contribution in [3.8, 4) is 0 Å². The Hall–Kier alpha value is -0.790. The molecule has 1 aromatic heterocycles. The van der Waals surface area contributed by atoms with Gasteiger partial charge in [0.15, 0.2) is 5.89 Å². The second kappa shape index (κ2) is 4.16. The first-order valence-electron chi connectivity index (χ1n) is 4.09. The summed E-state index contributed by atoms with van der Waals surface area (Å²) in [4.78, 5) is 4.13. The standard InChI is InChI=1S/C9H14NO/c1-3-5-6-9-10-7-8(4-2)11-9/h7H,1,3-6H2,2H3. The second-order valence-electron chi connectivity index (χ2n) is 2.53. The maximum Gasteiger partial charge on any atom is 0.194 e. The lowest BCUT2D eigenvalue weighted by Crippen LogP contribution is -1.82. The molecule has 0 saturated heterocycles. The molecule has 0 aliphatic heterocycles. The van der Waals surface area contributed by atoms with Crippen LogP contribution in [0, 0.1) is 6.92 Å². The highest BCUT2D eigenvalue weighted by Crippen LogP contribution is 2.06. The second-order valence-corrected chi connectivity index (χ2v) is 2.53. The molecule has 0 unspecified atom stereocenters. The van der Waals surface area contributed by atoms with E-state index in [9.17, 15) is 0 Å². The number of oxazole rings is 1. The fraction of sp³-hybridized carbons (Fsp3) is 0.556. The van der Waals surface area contributed by atoms with Crippen molar-refractivity contribution in [1.29, 1.82) is 0 Å². The summed E-state index contributed by atoms with van der Waals surface area (Å²) in [5.74, 6) is 1.83. The molecule has 0 aliphatic rings. The first kappa shape index (κ1) is 8.31.